The van der Waals surface area contributed by atoms with Crippen LogP contribution in [0.4, 0.5) is 37.7 Å². The summed E-state index contributed by atoms with van der Waals surface area (Å²) < 4.78 is 78.6. The molecule has 0 saturated carbocycles. The number of carbonyl (C=O) groups excluding carboxylic acids is 1. The van der Waals surface area contributed by atoms with Gasteiger partial charge in [0, 0.05) is 12.1 Å². The Morgan fingerprint density at radius 2 is 1.96 bits per heavy atom. The first-order chi connectivity index (χ1) is 11.4. The lowest BCUT2D eigenvalue weighted by molar-refractivity contribution is -0.187. The van der Waals surface area contributed by atoms with Crippen molar-refractivity contribution in [1.82, 2.24) is 0 Å². The highest BCUT2D eigenvalue weighted by atomic mass is 19.4. The summed E-state index contributed by atoms with van der Waals surface area (Å²) in [6.07, 6.45) is -10.7. The van der Waals surface area contributed by atoms with Crippen LogP contribution in [0.1, 0.15) is 18.9 Å². The number of alkyl halides is 6. The molecule has 0 aliphatic carbocycles. The minimum atomic E-state index is -5.06. The first-order valence-electron chi connectivity index (χ1n) is 6.79. The Morgan fingerprint density at radius 3 is 2.40 bits per heavy atom. The Labute approximate surface area is 137 Å². The number of halogens is 6. The maximum Gasteiger partial charge on any atom is 0.424 e. The van der Waals surface area contributed by atoms with E-state index < -0.39 is 53.2 Å². The van der Waals surface area contributed by atoms with Crippen molar-refractivity contribution in [2.24, 2.45) is 10.2 Å². The average molecular weight is 364 g/mol. The van der Waals surface area contributed by atoms with Crippen molar-refractivity contribution >= 4 is 17.3 Å². The number of carbonyl (C=O) groups is 1. The van der Waals surface area contributed by atoms with E-state index in [-0.39, 0.29) is 0 Å². The van der Waals surface area contributed by atoms with Crippen LogP contribution in [-0.2, 0) is 11.0 Å². The van der Waals surface area contributed by atoms with Crippen molar-refractivity contribution in [3.8, 4) is 0 Å². The molecule has 0 bridgehead atoms. The SMILES string of the molecule is [C-]#[N+]c1ccc(NC(=O)C2(C(F)(F)F)CC(C)N=N2)cc1C(F)(F)F. The highest BCUT2D eigenvalue weighted by Crippen LogP contribution is 2.43. The fraction of sp³-hybridized carbons (Fsp3) is 0.429. The van der Waals surface area contributed by atoms with Crippen LogP contribution in [0.2, 0.25) is 0 Å². The minimum Gasteiger partial charge on any atom is -0.324 e. The monoisotopic (exact) mass is 364 g/mol. The van der Waals surface area contributed by atoms with Gasteiger partial charge >= 0.3 is 12.4 Å². The molecule has 1 aromatic rings. The largest absolute Gasteiger partial charge is 0.424 e. The molecule has 5 nitrogen and oxygen atoms in total. The van der Waals surface area contributed by atoms with E-state index >= 15 is 0 Å². The van der Waals surface area contributed by atoms with Crippen LogP contribution in [0.25, 0.3) is 4.85 Å². The molecule has 0 radical (unpaired) electrons. The molecule has 1 amide bonds. The molecule has 0 spiro atoms. The second-order valence-corrected chi connectivity index (χ2v) is 5.42. The van der Waals surface area contributed by atoms with Crippen LogP contribution in [0.15, 0.2) is 28.4 Å². The van der Waals surface area contributed by atoms with E-state index in [0.29, 0.717) is 6.07 Å². The molecule has 0 fully saturated rings. The lowest BCUT2D eigenvalue weighted by Gasteiger charge is -2.26. The van der Waals surface area contributed by atoms with Gasteiger partial charge in [0.2, 0.25) is 0 Å². The number of hydrogen-bond donors (Lipinski definition) is 1. The van der Waals surface area contributed by atoms with Crippen LogP contribution in [-0.4, -0.2) is 23.7 Å². The molecule has 2 unspecified atom stereocenters. The molecule has 1 aliphatic rings. The van der Waals surface area contributed by atoms with Crippen LogP contribution in [0.5, 0.6) is 0 Å². The lowest BCUT2D eigenvalue weighted by atomic mass is 9.92. The minimum absolute atomic E-state index is 0.408. The normalized spacial score (nSPS) is 23.4. The zero-order valence-corrected chi connectivity index (χ0v) is 12.5. The topological polar surface area (TPSA) is 58.2 Å². The molecule has 1 N–H and O–H groups in total. The van der Waals surface area contributed by atoms with Crippen molar-refractivity contribution in [3.63, 3.8) is 0 Å². The fourth-order valence-corrected chi connectivity index (χ4v) is 2.32. The summed E-state index contributed by atoms with van der Waals surface area (Å²) in [4.78, 5) is 14.8. The quantitative estimate of drug-likeness (QED) is 0.598. The molecule has 1 aromatic carbocycles. The van der Waals surface area contributed by atoms with Crippen LogP contribution < -0.4 is 5.32 Å². The number of benzene rings is 1. The van der Waals surface area contributed by atoms with E-state index in [4.69, 9.17) is 6.57 Å². The van der Waals surface area contributed by atoms with Gasteiger partial charge in [0.1, 0.15) is 0 Å². The Hall–Kier alpha value is -2.64. The van der Waals surface area contributed by atoms with Crippen molar-refractivity contribution in [1.29, 1.82) is 0 Å². The zero-order valence-electron chi connectivity index (χ0n) is 12.5. The van der Waals surface area contributed by atoms with Crippen molar-refractivity contribution in [2.75, 3.05) is 5.32 Å². The molecule has 1 heterocycles. The predicted molar refractivity (Wildman–Crippen MR) is 74.1 cm³/mol. The van der Waals surface area contributed by atoms with Gasteiger partial charge < -0.3 is 5.32 Å². The Kier molecular flexibility index (Phi) is 4.50. The van der Waals surface area contributed by atoms with Gasteiger partial charge in [0.25, 0.3) is 11.4 Å². The second-order valence-electron chi connectivity index (χ2n) is 5.42. The van der Waals surface area contributed by atoms with Gasteiger partial charge in [-0.2, -0.15) is 36.6 Å². The van der Waals surface area contributed by atoms with E-state index in [1.54, 1.807) is 5.32 Å². The van der Waals surface area contributed by atoms with E-state index in [0.717, 1.165) is 12.1 Å². The maximum atomic E-state index is 13.3. The smallest absolute Gasteiger partial charge is 0.324 e. The highest BCUT2D eigenvalue weighted by Gasteiger charge is 2.64. The van der Waals surface area contributed by atoms with E-state index in [9.17, 15) is 31.1 Å². The number of amides is 1. The van der Waals surface area contributed by atoms with Gasteiger partial charge in [-0.15, -0.1) is 0 Å². The summed E-state index contributed by atoms with van der Waals surface area (Å²) >= 11 is 0. The van der Waals surface area contributed by atoms with Gasteiger partial charge in [-0.05, 0) is 19.1 Å². The van der Waals surface area contributed by atoms with E-state index in [1.807, 2.05) is 0 Å². The number of nitrogens with zero attached hydrogens (tertiary/aromatic N) is 3. The molecule has 0 aromatic heterocycles. The highest BCUT2D eigenvalue weighted by molar-refractivity contribution is 5.99. The molecular weight excluding hydrogens is 354 g/mol. The molecular formula is C14H10F6N4O. The molecule has 2 rings (SSSR count). The molecule has 134 valence electrons. The molecule has 11 heteroatoms. The second kappa shape index (κ2) is 6.02. The number of anilines is 1. The van der Waals surface area contributed by atoms with Gasteiger partial charge in [-0.3, -0.25) is 4.79 Å². The van der Waals surface area contributed by atoms with Gasteiger partial charge in [-0.1, -0.05) is 6.07 Å². The summed E-state index contributed by atoms with van der Waals surface area (Å²) in [5.41, 5.74) is -5.76. The number of rotatable bonds is 2. The van der Waals surface area contributed by atoms with Crippen LogP contribution in [0, 0.1) is 6.57 Å². The maximum absolute atomic E-state index is 13.3. The van der Waals surface area contributed by atoms with E-state index in [1.165, 1.54) is 6.92 Å². The first kappa shape index (κ1) is 18.7. The average Bonchev–Trinajstić information content (AvgIpc) is 2.89. The number of nitrogens with one attached hydrogen (secondary N) is 1. The van der Waals surface area contributed by atoms with Gasteiger partial charge in [-0.25, -0.2) is 4.85 Å². The Bertz CT molecular complexity index is 764. The van der Waals surface area contributed by atoms with Gasteiger partial charge in [0.05, 0.1) is 18.2 Å². The molecule has 25 heavy (non-hydrogen) atoms. The third-order valence-corrected chi connectivity index (χ3v) is 3.54. The first-order valence-corrected chi connectivity index (χ1v) is 6.79. The van der Waals surface area contributed by atoms with Crippen molar-refractivity contribution < 1.29 is 31.1 Å². The third kappa shape index (κ3) is 3.42. The summed E-state index contributed by atoms with van der Waals surface area (Å²) in [5.74, 6) is -1.63. The summed E-state index contributed by atoms with van der Waals surface area (Å²) in [5, 5.41) is 8.17. The zero-order chi connectivity index (χ0) is 19.0. The summed E-state index contributed by atoms with van der Waals surface area (Å²) in [6, 6.07) is 1.23. The van der Waals surface area contributed by atoms with Crippen LogP contribution >= 0.6 is 0 Å². The lowest BCUT2D eigenvalue weighted by Crippen LogP contribution is -2.52. The standard InChI is InChI=1S/C14H10F6N4O/c1-7-6-12(24-23-7,14(18,19)20)11(25)22-8-3-4-10(21-2)9(5-8)13(15,16)17/h3-5,7H,6H2,1H3,(H,22,25). The van der Waals surface area contributed by atoms with Crippen molar-refractivity contribution in [3.05, 3.63) is 35.2 Å². The molecule has 0 saturated heterocycles. The molecule has 1 aliphatic heterocycles. The van der Waals surface area contributed by atoms with Crippen LogP contribution in [0.3, 0.4) is 0 Å². The summed E-state index contributed by atoms with van der Waals surface area (Å²) in [6.45, 7) is 8.04. The van der Waals surface area contributed by atoms with Gasteiger partial charge in [0.15, 0.2) is 5.69 Å². The fourth-order valence-electron chi connectivity index (χ4n) is 2.32. The summed E-state index contributed by atoms with van der Waals surface area (Å²) in [7, 11) is 0. The van der Waals surface area contributed by atoms with E-state index in [2.05, 4.69) is 15.1 Å². The Morgan fingerprint density at radius 1 is 1.32 bits per heavy atom. The Balaban J connectivity index is 2.38. The predicted octanol–water partition coefficient (Wildman–Crippen LogP) is 4.74. The van der Waals surface area contributed by atoms with Crippen molar-refractivity contribution in [2.45, 2.75) is 37.3 Å². The third-order valence-electron chi connectivity index (χ3n) is 3.54. The molecule has 2 atom stereocenters. The number of hydrogen-bond acceptors (Lipinski definition) is 3. The number of azo groups is 1.